The number of aromatic nitrogens is 3. The molecule has 0 aromatic carbocycles. The van der Waals surface area contributed by atoms with Gasteiger partial charge in [0.2, 0.25) is 0 Å². The first kappa shape index (κ1) is 22.8. The summed E-state index contributed by atoms with van der Waals surface area (Å²) in [7, 11) is 0. The maximum absolute atomic E-state index is 13.3. The molecule has 1 aliphatic carbocycles. The van der Waals surface area contributed by atoms with Crippen molar-refractivity contribution >= 4 is 17.7 Å². The third-order valence-corrected chi connectivity index (χ3v) is 7.82. The van der Waals surface area contributed by atoms with Gasteiger partial charge < -0.3 is 14.2 Å². The highest BCUT2D eigenvalue weighted by Crippen LogP contribution is 2.31. The third kappa shape index (κ3) is 5.25. The van der Waals surface area contributed by atoms with Crippen LogP contribution in [0.1, 0.15) is 64.7 Å². The smallest absolute Gasteiger partial charge is 0.276 e. The number of thioether (sulfide) groups is 1. The first-order valence-electron chi connectivity index (χ1n) is 12.2. The predicted molar refractivity (Wildman–Crippen MR) is 126 cm³/mol. The second-order valence-corrected chi connectivity index (χ2v) is 10.3. The minimum Gasteiger partial charge on any atom is -0.379 e. The fourth-order valence-corrected chi connectivity index (χ4v) is 5.92. The number of hydrogen-bond acceptors (Lipinski definition) is 8. The zero-order chi connectivity index (χ0) is 22.6. The highest BCUT2D eigenvalue weighted by Gasteiger charge is 2.32. The molecule has 0 radical (unpaired) electrons. The van der Waals surface area contributed by atoms with E-state index in [1.807, 2.05) is 11.1 Å². The molecule has 2 fully saturated rings. The standard InChI is InChI=1S/C24H33N5O3S/c1-17-15-25-24(33-14-11-28-9-12-31-13-10-28)26-21(17)18-5-4-8-29(16-18)23(30)22-19-6-2-3-7-20(19)32-27-22/h15,18H,2-14,16H2,1H3/t18-/m1/s1. The summed E-state index contributed by atoms with van der Waals surface area (Å²) in [6, 6.07) is 0. The Morgan fingerprint density at radius 2 is 2.03 bits per heavy atom. The van der Waals surface area contributed by atoms with Crippen molar-refractivity contribution in [1.29, 1.82) is 0 Å². The first-order chi connectivity index (χ1) is 16.2. The molecule has 4 heterocycles. The molecule has 0 unspecified atom stereocenters. The fourth-order valence-electron chi connectivity index (χ4n) is 5.10. The fraction of sp³-hybridized carbons (Fsp3) is 0.667. The van der Waals surface area contributed by atoms with Crippen LogP contribution in [0.2, 0.25) is 0 Å². The zero-order valence-electron chi connectivity index (χ0n) is 19.4. The number of piperidine rings is 1. The molecule has 2 aromatic heterocycles. The van der Waals surface area contributed by atoms with Gasteiger partial charge in [0.15, 0.2) is 10.9 Å². The molecule has 9 heteroatoms. The Hall–Kier alpha value is -1.97. The number of carbonyl (C=O) groups excluding carboxylic acids is 1. The van der Waals surface area contributed by atoms with Gasteiger partial charge in [-0.3, -0.25) is 9.69 Å². The van der Waals surface area contributed by atoms with Gasteiger partial charge in [-0.25, -0.2) is 9.97 Å². The number of aryl methyl sites for hydroxylation is 2. The zero-order valence-corrected chi connectivity index (χ0v) is 20.2. The summed E-state index contributed by atoms with van der Waals surface area (Å²) < 4.78 is 10.9. The SMILES string of the molecule is Cc1cnc(SCCN2CCOCC2)nc1[C@@H]1CCCN(C(=O)c2noc3c2CCCC3)C1. The lowest BCUT2D eigenvalue weighted by molar-refractivity contribution is 0.0410. The number of fused-ring (bicyclic) bond motifs is 1. The number of likely N-dealkylation sites (tertiary alicyclic amines) is 1. The van der Waals surface area contributed by atoms with Gasteiger partial charge in [0.25, 0.3) is 5.91 Å². The number of rotatable bonds is 6. The van der Waals surface area contributed by atoms with E-state index in [2.05, 4.69) is 22.0 Å². The second-order valence-electron chi connectivity index (χ2n) is 9.25. The van der Waals surface area contributed by atoms with Gasteiger partial charge in [0.1, 0.15) is 5.76 Å². The molecule has 2 saturated heterocycles. The van der Waals surface area contributed by atoms with Crippen molar-refractivity contribution in [2.24, 2.45) is 0 Å². The molecule has 33 heavy (non-hydrogen) atoms. The lowest BCUT2D eigenvalue weighted by Gasteiger charge is -2.33. The van der Waals surface area contributed by atoms with E-state index in [0.29, 0.717) is 12.2 Å². The molecule has 0 spiro atoms. The van der Waals surface area contributed by atoms with Gasteiger partial charge in [0.05, 0.1) is 18.9 Å². The highest BCUT2D eigenvalue weighted by molar-refractivity contribution is 7.99. The number of morpholine rings is 1. The van der Waals surface area contributed by atoms with Crippen molar-refractivity contribution in [3.63, 3.8) is 0 Å². The van der Waals surface area contributed by atoms with Gasteiger partial charge in [-0.1, -0.05) is 16.9 Å². The molecule has 3 aliphatic rings. The minimum absolute atomic E-state index is 0.0124. The molecule has 178 valence electrons. The largest absolute Gasteiger partial charge is 0.379 e. The lowest BCUT2D eigenvalue weighted by atomic mass is 9.91. The number of amides is 1. The molecule has 1 amide bonds. The van der Waals surface area contributed by atoms with Gasteiger partial charge in [-0.15, -0.1) is 0 Å². The van der Waals surface area contributed by atoms with E-state index < -0.39 is 0 Å². The summed E-state index contributed by atoms with van der Waals surface area (Å²) in [6.45, 7) is 8.19. The van der Waals surface area contributed by atoms with Crippen LogP contribution in [0.4, 0.5) is 0 Å². The predicted octanol–water partition coefficient (Wildman–Crippen LogP) is 3.10. The van der Waals surface area contributed by atoms with E-state index in [-0.39, 0.29) is 11.8 Å². The third-order valence-electron chi connectivity index (χ3n) is 6.98. The van der Waals surface area contributed by atoms with Crippen LogP contribution in [-0.2, 0) is 17.6 Å². The molecular weight excluding hydrogens is 438 g/mol. The van der Waals surface area contributed by atoms with Crippen molar-refractivity contribution < 1.29 is 14.1 Å². The average molecular weight is 472 g/mol. The molecule has 5 rings (SSSR count). The summed E-state index contributed by atoms with van der Waals surface area (Å²) in [5.41, 5.74) is 3.75. The molecule has 8 nitrogen and oxygen atoms in total. The summed E-state index contributed by atoms with van der Waals surface area (Å²) in [4.78, 5) is 27.2. The van der Waals surface area contributed by atoms with E-state index >= 15 is 0 Å². The molecule has 2 aliphatic heterocycles. The topological polar surface area (TPSA) is 84.6 Å². The van der Waals surface area contributed by atoms with Crippen LogP contribution in [0, 0.1) is 6.92 Å². The molecule has 1 atom stereocenters. The lowest BCUT2D eigenvalue weighted by Crippen LogP contribution is -2.40. The van der Waals surface area contributed by atoms with Crippen molar-refractivity contribution in [2.45, 2.75) is 56.5 Å². The quantitative estimate of drug-likeness (QED) is 0.469. The van der Waals surface area contributed by atoms with Crippen molar-refractivity contribution in [1.82, 2.24) is 24.9 Å². The monoisotopic (exact) mass is 471 g/mol. The second kappa shape index (κ2) is 10.5. The Balaban J connectivity index is 1.23. The van der Waals surface area contributed by atoms with Crippen LogP contribution in [0.3, 0.4) is 0 Å². The number of hydrogen-bond donors (Lipinski definition) is 0. The summed E-state index contributed by atoms with van der Waals surface area (Å²) in [5.74, 6) is 2.11. The maximum Gasteiger partial charge on any atom is 0.276 e. The van der Waals surface area contributed by atoms with Crippen LogP contribution in [0.15, 0.2) is 15.9 Å². The summed E-state index contributed by atoms with van der Waals surface area (Å²) >= 11 is 1.71. The Kier molecular flexibility index (Phi) is 7.27. The summed E-state index contributed by atoms with van der Waals surface area (Å²) in [6.07, 6.45) is 7.95. The maximum atomic E-state index is 13.3. The Bertz CT molecular complexity index is 975. The Morgan fingerprint density at radius 3 is 2.91 bits per heavy atom. The molecule has 0 saturated carbocycles. The average Bonchev–Trinajstić information content (AvgIpc) is 3.29. The Labute approximate surface area is 199 Å². The van der Waals surface area contributed by atoms with Gasteiger partial charge in [0, 0.05) is 62.6 Å². The Morgan fingerprint density at radius 1 is 1.18 bits per heavy atom. The van der Waals surface area contributed by atoms with Crippen LogP contribution < -0.4 is 0 Å². The van der Waals surface area contributed by atoms with Gasteiger partial charge in [-0.2, -0.15) is 0 Å². The van der Waals surface area contributed by atoms with Crippen LogP contribution in [-0.4, -0.2) is 82.5 Å². The number of carbonyl (C=O) groups is 1. The minimum atomic E-state index is 0.0124. The van der Waals surface area contributed by atoms with Crippen LogP contribution >= 0.6 is 11.8 Å². The van der Waals surface area contributed by atoms with Crippen molar-refractivity contribution in [3.8, 4) is 0 Å². The number of ether oxygens (including phenoxy) is 1. The first-order valence-corrected chi connectivity index (χ1v) is 13.2. The van der Waals surface area contributed by atoms with Crippen LogP contribution in [0.5, 0.6) is 0 Å². The summed E-state index contributed by atoms with van der Waals surface area (Å²) in [5, 5.41) is 5.00. The van der Waals surface area contributed by atoms with E-state index in [4.69, 9.17) is 14.2 Å². The van der Waals surface area contributed by atoms with Crippen molar-refractivity contribution in [3.05, 3.63) is 34.5 Å². The van der Waals surface area contributed by atoms with Gasteiger partial charge in [-0.05, 0) is 44.6 Å². The van der Waals surface area contributed by atoms with E-state index in [9.17, 15) is 4.79 Å². The normalized spacial score (nSPS) is 21.7. The van der Waals surface area contributed by atoms with E-state index in [1.165, 1.54) is 0 Å². The van der Waals surface area contributed by atoms with E-state index in [0.717, 1.165) is 111 Å². The molecule has 2 aromatic rings. The number of nitrogens with zero attached hydrogens (tertiary/aromatic N) is 5. The molecular formula is C24H33N5O3S. The molecule has 0 bridgehead atoms. The van der Waals surface area contributed by atoms with Gasteiger partial charge >= 0.3 is 0 Å². The van der Waals surface area contributed by atoms with E-state index in [1.54, 1.807) is 11.8 Å². The van der Waals surface area contributed by atoms with Crippen molar-refractivity contribution in [2.75, 3.05) is 51.7 Å². The molecule has 0 N–H and O–H groups in total. The van der Waals surface area contributed by atoms with Crippen LogP contribution in [0.25, 0.3) is 0 Å². The highest BCUT2D eigenvalue weighted by atomic mass is 32.2.